The number of likely N-dealkylation sites (N-methyl/N-ethyl adjacent to an activating group) is 1. The molecule has 1 saturated heterocycles. The molecule has 96 valence electrons. The summed E-state index contributed by atoms with van der Waals surface area (Å²) in [6.45, 7) is 1.72. The van der Waals surface area contributed by atoms with E-state index >= 15 is 0 Å². The van der Waals surface area contributed by atoms with Gasteiger partial charge in [-0.15, -0.1) is 11.3 Å². The van der Waals surface area contributed by atoms with Crippen molar-refractivity contribution in [3.05, 3.63) is 11.4 Å². The first-order valence-electron chi connectivity index (χ1n) is 6.07. The van der Waals surface area contributed by atoms with Gasteiger partial charge in [0, 0.05) is 20.2 Å². The maximum atomic E-state index is 5.76. The van der Waals surface area contributed by atoms with Crippen molar-refractivity contribution in [2.75, 3.05) is 30.8 Å². The Morgan fingerprint density at radius 1 is 1.56 bits per heavy atom. The van der Waals surface area contributed by atoms with Gasteiger partial charge in [0.15, 0.2) is 0 Å². The molecule has 0 aromatic carbocycles. The van der Waals surface area contributed by atoms with Crippen LogP contribution in [-0.2, 0) is 4.74 Å². The van der Waals surface area contributed by atoms with Gasteiger partial charge in [-0.3, -0.25) is 0 Å². The van der Waals surface area contributed by atoms with Crippen molar-refractivity contribution in [1.29, 1.82) is 0 Å². The number of hydrogen-bond donors (Lipinski definition) is 1. The largest absolute Gasteiger partial charge is 0.376 e. The predicted octanol–water partition coefficient (Wildman–Crippen LogP) is 1.89. The average Bonchev–Trinajstić information content (AvgIpc) is 2.97. The first-order valence-corrected chi connectivity index (χ1v) is 6.95. The first kappa shape index (κ1) is 11.7. The number of hydrogen-bond acceptors (Lipinski definition) is 6. The molecule has 0 bridgehead atoms. The summed E-state index contributed by atoms with van der Waals surface area (Å²) in [7, 11) is 2.03. The van der Waals surface area contributed by atoms with E-state index in [1.54, 1.807) is 11.3 Å². The van der Waals surface area contributed by atoms with Gasteiger partial charge in [-0.2, -0.15) is 4.98 Å². The lowest BCUT2D eigenvalue weighted by Gasteiger charge is -2.22. The van der Waals surface area contributed by atoms with E-state index in [1.165, 1.54) is 0 Å². The maximum Gasteiger partial charge on any atom is 0.223 e. The topological polar surface area (TPSA) is 64.3 Å². The van der Waals surface area contributed by atoms with Crippen LogP contribution in [0.15, 0.2) is 11.4 Å². The minimum absolute atomic E-state index is 0.305. The highest BCUT2D eigenvalue weighted by Crippen LogP contribution is 2.28. The van der Waals surface area contributed by atoms with Crippen LogP contribution in [-0.4, -0.2) is 36.3 Å². The molecule has 5 nitrogen and oxygen atoms in total. The van der Waals surface area contributed by atoms with Gasteiger partial charge < -0.3 is 15.4 Å². The van der Waals surface area contributed by atoms with E-state index in [2.05, 4.69) is 14.9 Å². The Balaban J connectivity index is 1.89. The number of fused-ring (bicyclic) bond motifs is 1. The minimum Gasteiger partial charge on any atom is -0.376 e. The van der Waals surface area contributed by atoms with Crippen LogP contribution >= 0.6 is 11.3 Å². The molecule has 0 saturated carbocycles. The van der Waals surface area contributed by atoms with Crippen LogP contribution in [0.5, 0.6) is 0 Å². The van der Waals surface area contributed by atoms with Crippen LogP contribution in [0.25, 0.3) is 10.2 Å². The summed E-state index contributed by atoms with van der Waals surface area (Å²) in [5.41, 5.74) is 5.76. The normalized spacial score (nSPS) is 19.5. The maximum absolute atomic E-state index is 5.76. The second-order valence-corrected chi connectivity index (χ2v) is 5.45. The molecule has 0 amide bonds. The van der Waals surface area contributed by atoms with E-state index in [0.29, 0.717) is 12.1 Å². The molecule has 0 radical (unpaired) electrons. The molecule has 0 aliphatic carbocycles. The van der Waals surface area contributed by atoms with Crippen LogP contribution in [0.4, 0.5) is 11.8 Å². The lowest BCUT2D eigenvalue weighted by atomic mass is 10.2. The lowest BCUT2D eigenvalue weighted by Crippen LogP contribution is -2.29. The summed E-state index contributed by atoms with van der Waals surface area (Å²) in [5.74, 6) is 1.23. The van der Waals surface area contributed by atoms with Crippen LogP contribution < -0.4 is 10.6 Å². The molecule has 1 atom stereocenters. The molecule has 18 heavy (non-hydrogen) atoms. The second kappa shape index (κ2) is 4.70. The van der Waals surface area contributed by atoms with Gasteiger partial charge in [-0.25, -0.2) is 4.98 Å². The second-order valence-electron chi connectivity index (χ2n) is 4.56. The van der Waals surface area contributed by atoms with E-state index in [1.807, 2.05) is 18.5 Å². The van der Waals surface area contributed by atoms with E-state index in [-0.39, 0.29) is 0 Å². The quantitative estimate of drug-likeness (QED) is 0.917. The van der Waals surface area contributed by atoms with E-state index in [9.17, 15) is 0 Å². The molecular weight excluding hydrogens is 248 g/mol. The van der Waals surface area contributed by atoms with Crippen molar-refractivity contribution >= 4 is 33.3 Å². The number of ether oxygens (including phenoxy) is 1. The van der Waals surface area contributed by atoms with Crippen LogP contribution in [0, 0.1) is 0 Å². The fraction of sp³-hybridized carbons (Fsp3) is 0.500. The average molecular weight is 264 g/mol. The first-order chi connectivity index (χ1) is 8.74. The highest BCUT2D eigenvalue weighted by atomic mass is 32.1. The number of nitrogens with two attached hydrogens (primary N) is 1. The molecule has 1 aliphatic rings. The number of rotatable bonds is 3. The van der Waals surface area contributed by atoms with Gasteiger partial charge in [0.25, 0.3) is 0 Å². The molecule has 1 aliphatic heterocycles. The van der Waals surface area contributed by atoms with Gasteiger partial charge in [0.1, 0.15) is 10.6 Å². The van der Waals surface area contributed by atoms with Crippen molar-refractivity contribution in [3.63, 3.8) is 0 Å². The zero-order valence-electron chi connectivity index (χ0n) is 10.3. The van der Waals surface area contributed by atoms with Gasteiger partial charge in [0.2, 0.25) is 5.95 Å². The van der Waals surface area contributed by atoms with Gasteiger partial charge in [0.05, 0.1) is 11.5 Å². The van der Waals surface area contributed by atoms with Crippen molar-refractivity contribution < 1.29 is 4.74 Å². The fourth-order valence-corrected chi connectivity index (χ4v) is 3.09. The molecule has 2 N–H and O–H groups in total. The third-order valence-corrected chi connectivity index (χ3v) is 3.99. The summed E-state index contributed by atoms with van der Waals surface area (Å²) in [5, 5.41) is 3.08. The van der Waals surface area contributed by atoms with E-state index < -0.39 is 0 Å². The monoisotopic (exact) mass is 264 g/mol. The van der Waals surface area contributed by atoms with E-state index in [4.69, 9.17) is 10.5 Å². The van der Waals surface area contributed by atoms with Gasteiger partial charge in [-0.05, 0) is 24.3 Å². The van der Waals surface area contributed by atoms with Crippen molar-refractivity contribution in [3.8, 4) is 0 Å². The molecule has 3 heterocycles. The third kappa shape index (κ3) is 2.13. The Morgan fingerprint density at radius 3 is 3.22 bits per heavy atom. The zero-order chi connectivity index (χ0) is 12.5. The van der Waals surface area contributed by atoms with Crippen molar-refractivity contribution in [1.82, 2.24) is 9.97 Å². The van der Waals surface area contributed by atoms with Gasteiger partial charge in [-0.1, -0.05) is 0 Å². The number of thiophene rings is 1. The highest BCUT2D eigenvalue weighted by Gasteiger charge is 2.20. The fourth-order valence-electron chi connectivity index (χ4n) is 2.33. The summed E-state index contributed by atoms with van der Waals surface area (Å²) < 4.78 is 5.66. The van der Waals surface area contributed by atoms with E-state index in [0.717, 1.165) is 42.0 Å². The summed E-state index contributed by atoms with van der Waals surface area (Å²) in [6.07, 6.45) is 2.58. The molecule has 2 aromatic rings. The molecule has 3 rings (SSSR count). The number of nitrogen functional groups attached to an aromatic ring is 1. The Morgan fingerprint density at radius 2 is 2.44 bits per heavy atom. The lowest BCUT2D eigenvalue weighted by molar-refractivity contribution is 0.116. The Hall–Kier alpha value is -1.40. The van der Waals surface area contributed by atoms with Crippen LogP contribution in [0.2, 0.25) is 0 Å². The molecule has 0 spiro atoms. The van der Waals surface area contributed by atoms with Crippen LogP contribution in [0.1, 0.15) is 12.8 Å². The molecular formula is C12H16N4OS. The standard InChI is InChI=1S/C12H16N4OS/c1-16(7-8-3-2-5-17-8)10-9-4-6-18-11(9)15-12(13)14-10/h4,6,8H,2-3,5,7H2,1H3,(H2,13,14,15). The number of anilines is 2. The van der Waals surface area contributed by atoms with Gasteiger partial charge >= 0.3 is 0 Å². The molecule has 1 fully saturated rings. The van der Waals surface area contributed by atoms with Crippen molar-refractivity contribution in [2.45, 2.75) is 18.9 Å². The number of aromatic nitrogens is 2. The van der Waals surface area contributed by atoms with Crippen LogP contribution in [0.3, 0.4) is 0 Å². The zero-order valence-corrected chi connectivity index (χ0v) is 11.1. The minimum atomic E-state index is 0.305. The predicted molar refractivity (Wildman–Crippen MR) is 74.1 cm³/mol. The summed E-state index contributed by atoms with van der Waals surface area (Å²) in [4.78, 5) is 11.7. The Kier molecular flexibility index (Phi) is 3.05. The smallest absolute Gasteiger partial charge is 0.223 e. The Labute approximate surface area is 110 Å². The number of nitrogens with zero attached hydrogens (tertiary/aromatic N) is 3. The molecule has 6 heteroatoms. The summed E-state index contributed by atoms with van der Waals surface area (Å²) >= 11 is 1.59. The Bertz CT molecular complexity index is 550. The highest BCUT2D eigenvalue weighted by molar-refractivity contribution is 7.16. The third-order valence-electron chi connectivity index (χ3n) is 3.19. The molecule has 2 aromatic heterocycles. The SMILES string of the molecule is CN(CC1CCCO1)c1nc(N)nc2sccc12. The molecule has 1 unspecified atom stereocenters. The summed E-state index contributed by atoms with van der Waals surface area (Å²) in [6, 6.07) is 2.04. The van der Waals surface area contributed by atoms with Crippen molar-refractivity contribution in [2.24, 2.45) is 0 Å².